The Hall–Kier alpha value is -0.220. The van der Waals surface area contributed by atoms with Gasteiger partial charge >= 0.3 is 0 Å². The fourth-order valence-electron chi connectivity index (χ4n) is 0.904. The largest absolute Gasteiger partial charge is 0.258 e. The highest BCUT2D eigenvalue weighted by Crippen LogP contribution is 2.25. The molecule has 1 aliphatic rings. The van der Waals surface area contributed by atoms with Gasteiger partial charge in [0.05, 0.1) is 6.54 Å². The summed E-state index contributed by atoms with van der Waals surface area (Å²) in [5.41, 5.74) is -0.328. The van der Waals surface area contributed by atoms with Crippen LogP contribution in [0.4, 0.5) is 8.78 Å². The van der Waals surface area contributed by atoms with E-state index >= 15 is 0 Å². The molecule has 2 atom stereocenters. The van der Waals surface area contributed by atoms with Crippen LogP contribution in [-0.4, -0.2) is 29.7 Å². The lowest BCUT2D eigenvalue weighted by atomic mass is 10.1. The zero-order valence-corrected chi connectivity index (χ0v) is 6.97. The summed E-state index contributed by atoms with van der Waals surface area (Å²) in [7, 11) is 0. The van der Waals surface area contributed by atoms with Crippen LogP contribution in [0.25, 0.3) is 0 Å². The molecule has 0 spiro atoms. The van der Waals surface area contributed by atoms with E-state index in [1.54, 1.807) is 0 Å². The fraction of sp³-hybridized carbons (Fsp3) is 1.00. The molecule has 66 valence electrons. The van der Waals surface area contributed by atoms with Crippen molar-refractivity contribution in [2.24, 2.45) is 0 Å². The van der Waals surface area contributed by atoms with Crippen molar-refractivity contribution in [2.45, 2.75) is 38.8 Å². The molecule has 1 rings (SSSR count). The molecule has 0 radical (unpaired) electrons. The van der Waals surface area contributed by atoms with Crippen molar-refractivity contribution in [3.8, 4) is 0 Å². The van der Waals surface area contributed by atoms with Crippen molar-refractivity contribution in [3.05, 3.63) is 0 Å². The minimum atomic E-state index is -1.78. The number of hydrogen-bond acceptors (Lipinski definition) is 2. The predicted octanol–water partition coefficient (Wildman–Crippen LogP) is 1.67. The van der Waals surface area contributed by atoms with Crippen LogP contribution in [0, 0.1) is 0 Å². The molecule has 0 amide bonds. The van der Waals surface area contributed by atoms with Crippen LogP contribution in [0.1, 0.15) is 20.8 Å². The van der Waals surface area contributed by atoms with E-state index in [0.717, 1.165) is 0 Å². The van der Waals surface area contributed by atoms with E-state index in [9.17, 15) is 8.78 Å². The van der Waals surface area contributed by atoms with E-state index in [0.29, 0.717) is 0 Å². The molecule has 11 heavy (non-hydrogen) atoms. The van der Waals surface area contributed by atoms with E-state index in [2.05, 4.69) is 4.84 Å². The fourth-order valence-corrected chi connectivity index (χ4v) is 0.904. The Balaban J connectivity index is 2.54. The molecule has 0 aliphatic carbocycles. The van der Waals surface area contributed by atoms with Gasteiger partial charge in [0, 0.05) is 5.54 Å². The molecular weight excluding hydrogens is 152 g/mol. The Kier molecular flexibility index (Phi) is 2.16. The lowest BCUT2D eigenvalue weighted by Gasteiger charge is -2.28. The van der Waals surface area contributed by atoms with Gasteiger partial charge in [0.2, 0.25) is 6.36 Å². The number of alkyl halides is 2. The molecule has 0 aromatic rings. The molecule has 1 heterocycles. The Bertz CT molecular complexity index is 136. The highest BCUT2D eigenvalue weighted by atomic mass is 19.2. The molecule has 0 saturated carbocycles. The quantitative estimate of drug-likeness (QED) is 0.541. The van der Waals surface area contributed by atoms with Crippen LogP contribution < -0.4 is 0 Å². The Labute approximate surface area is 65.1 Å². The number of halogens is 2. The Morgan fingerprint density at radius 3 is 2.09 bits per heavy atom. The van der Waals surface area contributed by atoms with Gasteiger partial charge in [0.25, 0.3) is 0 Å². The molecule has 1 saturated heterocycles. The first-order valence-electron chi connectivity index (χ1n) is 3.64. The normalized spacial score (nSPS) is 34.6. The number of hydrogen-bond donors (Lipinski definition) is 0. The summed E-state index contributed by atoms with van der Waals surface area (Å²) in [6.45, 7) is 5.55. The summed E-state index contributed by atoms with van der Waals surface area (Å²) in [5, 5.41) is 1.34. The van der Waals surface area contributed by atoms with Crippen molar-refractivity contribution < 1.29 is 13.6 Å². The Morgan fingerprint density at radius 1 is 1.36 bits per heavy atom. The van der Waals surface area contributed by atoms with Crippen molar-refractivity contribution in [1.29, 1.82) is 0 Å². The molecular formula is C7H13F2NO. The number of nitrogens with zero attached hydrogens (tertiary/aromatic N) is 1. The van der Waals surface area contributed by atoms with Gasteiger partial charge in [-0.3, -0.25) is 4.84 Å². The van der Waals surface area contributed by atoms with Crippen LogP contribution in [0.3, 0.4) is 0 Å². The molecule has 4 heteroatoms. The van der Waals surface area contributed by atoms with E-state index in [4.69, 9.17) is 0 Å². The standard InChI is InChI=1S/C7H13F2NO/c1-7(2,3)10-4-5(8)6(9)11-10/h5-6H,4H2,1-3H3/t5-,6-/m0/s1. The second-order valence-corrected chi connectivity index (χ2v) is 3.70. The van der Waals surface area contributed by atoms with Crippen LogP contribution in [0.5, 0.6) is 0 Å². The Morgan fingerprint density at radius 2 is 1.91 bits per heavy atom. The monoisotopic (exact) mass is 165 g/mol. The molecule has 0 aromatic carbocycles. The van der Waals surface area contributed by atoms with Gasteiger partial charge in [0.1, 0.15) is 0 Å². The van der Waals surface area contributed by atoms with Crippen LogP contribution >= 0.6 is 0 Å². The van der Waals surface area contributed by atoms with Gasteiger partial charge < -0.3 is 0 Å². The van der Waals surface area contributed by atoms with Crippen LogP contribution in [0.15, 0.2) is 0 Å². The highest BCUT2D eigenvalue weighted by molar-refractivity contribution is 4.78. The van der Waals surface area contributed by atoms with Crippen molar-refractivity contribution in [3.63, 3.8) is 0 Å². The van der Waals surface area contributed by atoms with Gasteiger partial charge in [-0.1, -0.05) is 0 Å². The molecule has 1 fully saturated rings. The van der Waals surface area contributed by atoms with Gasteiger partial charge in [-0.2, -0.15) is 5.06 Å². The highest BCUT2D eigenvalue weighted by Gasteiger charge is 2.39. The summed E-state index contributed by atoms with van der Waals surface area (Å²) < 4.78 is 25.0. The third-order valence-electron chi connectivity index (χ3n) is 1.60. The van der Waals surface area contributed by atoms with Crippen LogP contribution in [-0.2, 0) is 4.84 Å². The van der Waals surface area contributed by atoms with E-state index in [1.165, 1.54) is 5.06 Å². The zero-order valence-electron chi connectivity index (χ0n) is 6.97. The lowest BCUT2D eigenvalue weighted by Crippen LogP contribution is -2.38. The second kappa shape index (κ2) is 2.68. The van der Waals surface area contributed by atoms with E-state index in [-0.39, 0.29) is 12.1 Å². The van der Waals surface area contributed by atoms with Crippen molar-refractivity contribution in [1.82, 2.24) is 5.06 Å². The van der Waals surface area contributed by atoms with Crippen molar-refractivity contribution >= 4 is 0 Å². The summed E-state index contributed by atoms with van der Waals surface area (Å²) >= 11 is 0. The predicted molar refractivity (Wildman–Crippen MR) is 37.3 cm³/mol. The SMILES string of the molecule is CC(C)(C)N1C[C@H](F)[C@@H](F)O1. The average molecular weight is 165 g/mol. The van der Waals surface area contributed by atoms with Gasteiger partial charge in [-0.15, -0.1) is 0 Å². The number of hydroxylamine groups is 2. The van der Waals surface area contributed by atoms with Crippen molar-refractivity contribution in [2.75, 3.05) is 6.54 Å². The summed E-state index contributed by atoms with van der Waals surface area (Å²) in [6, 6.07) is 0. The maximum atomic E-state index is 12.6. The molecule has 0 bridgehead atoms. The summed E-state index contributed by atoms with van der Waals surface area (Å²) in [6.07, 6.45) is -3.29. The first kappa shape index (κ1) is 8.87. The first-order valence-corrected chi connectivity index (χ1v) is 3.64. The van der Waals surface area contributed by atoms with E-state index < -0.39 is 12.5 Å². The first-order chi connectivity index (χ1) is 4.91. The third kappa shape index (κ3) is 1.87. The minimum absolute atomic E-state index is 0.0185. The topological polar surface area (TPSA) is 12.5 Å². The van der Waals surface area contributed by atoms with Gasteiger partial charge in [-0.05, 0) is 20.8 Å². The lowest BCUT2D eigenvalue weighted by molar-refractivity contribution is -0.227. The molecule has 1 aliphatic heterocycles. The third-order valence-corrected chi connectivity index (χ3v) is 1.60. The van der Waals surface area contributed by atoms with Gasteiger partial charge in [-0.25, -0.2) is 8.78 Å². The smallest absolute Gasteiger partial charge is 0.250 e. The minimum Gasteiger partial charge on any atom is -0.258 e. The maximum Gasteiger partial charge on any atom is 0.250 e. The van der Waals surface area contributed by atoms with Gasteiger partial charge in [0.15, 0.2) is 6.17 Å². The summed E-state index contributed by atoms with van der Waals surface area (Å²) in [4.78, 5) is 4.63. The summed E-state index contributed by atoms with van der Waals surface area (Å²) in [5.74, 6) is 0. The zero-order chi connectivity index (χ0) is 8.65. The average Bonchev–Trinajstić information content (AvgIpc) is 2.11. The second-order valence-electron chi connectivity index (χ2n) is 3.70. The molecule has 2 nitrogen and oxygen atoms in total. The van der Waals surface area contributed by atoms with E-state index in [1.807, 2.05) is 20.8 Å². The molecule has 0 N–H and O–H groups in total. The van der Waals surface area contributed by atoms with Crippen LogP contribution in [0.2, 0.25) is 0 Å². The molecule has 0 unspecified atom stereocenters. The molecule has 0 aromatic heterocycles. The maximum absolute atomic E-state index is 12.6. The number of rotatable bonds is 0.